The van der Waals surface area contributed by atoms with Gasteiger partial charge < -0.3 is 10.6 Å². The maximum atomic E-state index is 12.8. The maximum Gasteiger partial charge on any atom is 0.241 e. The SMILES string of the molecule is CN=C(NCCCn1nc(C)cc1C)NCc1ccccc1S(=O)(=O)NC(C)(C)C. The number of nitrogens with zero attached hydrogens (tertiary/aromatic N) is 3. The molecule has 0 saturated heterocycles. The lowest BCUT2D eigenvalue weighted by Crippen LogP contribution is -2.41. The summed E-state index contributed by atoms with van der Waals surface area (Å²) in [6.45, 7) is 11.4. The Hall–Kier alpha value is -2.39. The van der Waals surface area contributed by atoms with Gasteiger partial charge in [0.05, 0.1) is 10.6 Å². The van der Waals surface area contributed by atoms with E-state index in [0.717, 1.165) is 30.9 Å². The fourth-order valence-electron chi connectivity index (χ4n) is 3.11. The minimum absolute atomic E-state index is 0.271. The molecule has 166 valence electrons. The summed E-state index contributed by atoms with van der Waals surface area (Å²) >= 11 is 0. The van der Waals surface area contributed by atoms with Crippen molar-refractivity contribution in [2.45, 2.75) is 64.6 Å². The van der Waals surface area contributed by atoms with Crippen LogP contribution < -0.4 is 15.4 Å². The van der Waals surface area contributed by atoms with E-state index in [1.54, 1.807) is 25.2 Å². The van der Waals surface area contributed by atoms with Gasteiger partial charge in [0.2, 0.25) is 10.0 Å². The molecular formula is C21H34N6O2S. The number of benzene rings is 1. The second-order valence-electron chi connectivity index (χ2n) is 8.32. The van der Waals surface area contributed by atoms with Crippen LogP contribution in [0, 0.1) is 13.8 Å². The lowest BCUT2D eigenvalue weighted by Gasteiger charge is -2.22. The van der Waals surface area contributed by atoms with Gasteiger partial charge in [-0.05, 0) is 58.7 Å². The first-order valence-corrected chi connectivity index (χ1v) is 11.6. The summed E-state index contributed by atoms with van der Waals surface area (Å²) in [7, 11) is -1.92. The van der Waals surface area contributed by atoms with Gasteiger partial charge in [-0.2, -0.15) is 5.10 Å². The molecule has 0 atom stereocenters. The Morgan fingerprint density at radius 2 is 1.87 bits per heavy atom. The summed E-state index contributed by atoms with van der Waals surface area (Å²) in [6, 6.07) is 9.05. The molecule has 3 N–H and O–H groups in total. The van der Waals surface area contributed by atoms with Crippen LogP contribution in [0.25, 0.3) is 0 Å². The number of guanidine groups is 1. The van der Waals surface area contributed by atoms with E-state index in [1.807, 2.05) is 45.4 Å². The van der Waals surface area contributed by atoms with Crippen LogP contribution in [0.15, 0.2) is 40.2 Å². The molecule has 0 saturated carbocycles. The predicted molar refractivity (Wildman–Crippen MR) is 121 cm³/mol. The number of rotatable bonds is 8. The van der Waals surface area contributed by atoms with Crippen LogP contribution in [-0.2, 0) is 23.1 Å². The molecule has 0 spiro atoms. The molecule has 1 aromatic carbocycles. The first-order valence-electron chi connectivity index (χ1n) is 10.1. The summed E-state index contributed by atoms with van der Waals surface area (Å²) < 4.78 is 30.2. The van der Waals surface area contributed by atoms with E-state index in [9.17, 15) is 8.42 Å². The Balaban J connectivity index is 1.93. The molecule has 2 aromatic rings. The molecule has 0 unspecified atom stereocenters. The number of hydrogen-bond donors (Lipinski definition) is 3. The smallest absolute Gasteiger partial charge is 0.241 e. The van der Waals surface area contributed by atoms with Crippen molar-refractivity contribution in [1.29, 1.82) is 0 Å². The Labute approximate surface area is 180 Å². The predicted octanol–water partition coefficient (Wildman–Crippen LogP) is 2.33. The average molecular weight is 435 g/mol. The molecule has 0 aliphatic rings. The molecule has 30 heavy (non-hydrogen) atoms. The fraction of sp³-hybridized carbons (Fsp3) is 0.524. The Bertz CT molecular complexity index is 974. The third kappa shape index (κ3) is 7.14. The molecule has 0 fully saturated rings. The maximum absolute atomic E-state index is 12.8. The molecule has 2 rings (SSSR count). The number of aryl methyl sites for hydroxylation is 3. The number of aromatic nitrogens is 2. The van der Waals surface area contributed by atoms with E-state index in [2.05, 4.69) is 31.5 Å². The second-order valence-corrected chi connectivity index (χ2v) is 9.97. The number of nitrogens with one attached hydrogen (secondary N) is 3. The lowest BCUT2D eigenvalue weighted by molar-refractivity contribution is 0.491. The van der Waals surface area contributed by atoms with Crippen LogP contribution in [-0.4, -0.2) is 43.3 Å². The molecule has 0 aliphatic carbocycles. The van der Waals surface area contributed by atoms with Gasteiger partial charge in [0, 0.05) is 37.9 Å². The van der Waals surface area contributed by atoms with E-state index < -0.39 is 15.6 Å². The summed E-state index contributed by atoms with van der Waals surface area (Å²) in [5.74, 6) is 0.624. The van der Waals surface area contributed by atoms with Crippen LogP contribution >= 0.6 is 0 Å². The minimum atomic E-state index is -3.62. The summed E-state index contributed by atoms with van der Waals surface area (Å²) in [5, 5.41) is 10.9. The monoisotopic (exact) mass is 434 g/mol. The van der Waals surface area contributed by atoms with Crippen LogP contribution in [0.5, 0.6) is 0 Å². The van der Waals surface area contributed by atoms with Gasteiger partial charge in [-0.25, -0.2) is 13.1 Å². The molecule has 0 bridgehead atoms. The Kier molecular flexibility index (Phi) is 8.03. The van der Waals surface area contributed by atoms with Crippen molar-refractivity contribution in [3.8, 4) is 0 Å². The van der Waals surface area contributed by atoms with E-state index in [4.69, 9.17) is 0 Å². The van der Waals surface area contributed by atoms with Crippen molar-refractivity contribution in [3.05, 3.63) is 47.3 Å². The van der Waals surface area contributed by atoms with E-state index in [1.165, 1.54) is 0 Å². The first-order chi connectivity index (χ1) is 14.0. The largest absolute Gasteiger partial charge is 0.356 e. The van der Waals surface area contributed by atoms with Gasteiger partial charge in [-0.3, -0.25) is 9.67 Å². The quantitative estimate of drug-likeness (QED) is 0.336. The molecule has 8 nitrogen and oxygen atoms in total. The highest BCUT2D eigenvalue weighted by Crippen LogP contribution is 2.17. The molecule has 0 aliphatic heterocycles. The molecule has 1 aromatic heterocycles. The first kappa shape index (κ1) is 23.9. The van der Waals surface area contributed by atoms with Crippen LogP contribution in [0.4, 0.5) is 0 Å². The topological polar surface area (TPSA) is 100 Å². The molecule has 1 heterocycles. The highest BCUT2D eigenvalue weighted by molar-refractivity contribution is 7.89. The van der Waals surface area contributed by atoms with E-state index in [0.29, 0.717) is 18.1 Å². The van der Waals surface area contributed by atoms with Crippen LogP contribution in [0.3, 0.4) is 0 Å². The standard InChI is InChI=1S/C21H34N6O2S/c1-16-14-17(2)27(25-16)13-9-12-23-20(22-6)24-15-18-10-7-8-11-19(18)30(28,29)26-21(3,4)5/h7-8,10-11,14,26H,9,12-13,15H2,1-6H3,(H2,22,23,24). The average Bonchev–Trinajstić information content (AvgIpc) is 2.96. The Morgan fingerprint density at radius 3 is 2.47 bits per heavy atom. The Morgan fingerprint density at radius 1 is 1.17 bits per heavy atom. The zero-order valence-electron chi connectivity index (χ0n) is 18.8. The van der Waals surface area contributed by atoms with Crippen molar-refractivity contribution >= 4 is 16.0 Å². The summed E-state index contributed by atoms with van der Waals surface area (Å²) in [6.07, 6.45) is 0.892. The van der Waals surface area contributed by atoms with Crippen molar-refractivity contribution in [2.24, 2.45) is 4.99 Å². The van der Waals surface area contributed by atoms with Gasteiger partial charge >= 0.3 is 0 Å². The van der Waals surface area contributed by atoms with Gasteiger partial charge in [0.15, 0.2) is 5.96 Å². The molecule has 9 heteroatoms. The van der Waals surface area contributed by atoms with Gasteiger partial charge in [0.1, 0.15) is 0 Å². The molecule has 0 amide bonds. The normalized spacial score (nSPS) is 12.8. The molecular weight excluding hydrogens is 400 g/mol. The number of sulfonamides is 1. The zero-order valence-corrected chi connectivity index (χ0v) is 19.6. The van der Waals surface area contributed by atoms with Gasteiger partial charge in [-0.1, -0.05) is 18.2 Å². The zero-order chi connectivity index (χ0) is 22.4. The highest BCUT2D eigenvalue weighted by Gasteiger charge is 2.24. The fourth-order valence-corrected chi connectivity index (χ4v) is 4.77. The van der Waals surface area contributed by atoms with E-state index >= 15 is 0 Å². The van der Waals surface area contributed by atoms with Crippen molar-refractivity contribution in [1.82, 2.24) is 25.1 Å². The molecule has 0 radical (unpaired) electrons. The van der Waals surface area contributed by atoms with Crippen molar-refractivity contribution in [2.75, 3.05) is 13.6 Å². The summed E-state index contributed by atoms with van der Waals surface area (Å²) in [5.41, 5.74) is 2.30. The van der Waals surface area contributed by atoms with Crippen LogP contribution in [0.1, 0.15) is 44.1 Å². The lowest BCUT2D eigenvalue weighted by atomic mass is 10.1. The van der Waals surface area contributed by atoms with Gasteiger partial charge in [-0.15, -0.1) is 0 Å². The van der Waals surface area contributed by atoms with Gasteiger partial charge in [0.25, 0.3) is 0 Å². The third-order valence-corrected chi connectivity index (χ3v) is 6.17. The number of hydrogen-bond acceptors (Lipinski definition) is 4. The second kappa shape index (κ2) is 10.1. The van der Waals surface area contributed by atoms with Crippen molar-refractivity contribution < 1.29 is 8.42 Å². The summed E-state index contributed by atoms with van der Waals surface area (Å²) in [4.78, 5) is 4.50. The van der Waals surface area contributed by atoms with Crippen LogP contribution in [0.2, 0.25) is 0 Å². The number of aliphatic imine (C=N–C) groups is 1. The third-order valence-electron chi connectivity index (χ3n) is 4.32. The van der Waals surface area contributed by atoms with Crippen molar-refractivity contribution in [3.63, 3.8) is 0 Å². The van der Waals surface area contributed by atoms with E-state index in [-0.39, 0.29) is 4.90 Å². The minimum Gasteiger partial charge on any atom is -0.356 e. The highest BCUT2D eigenvalue weighted by atomic mass is 32.2.